The Balaban J connectivity index is 1.57. The molecule has 0 spiro atoms. The Hall–Kier alpha value is -1.63. The van der Waals surface area contributed by atoms with Crippen molar-refractivity contribution in [2.75, 3.05) is 29.9 Å². The van der Waals surface area contributed by atoms with E-state index in [0.717, 1.165) is 5.82 Å². The van der Waals surface area contributed by atoms with Crippen LogP contribution in [0.4, 0.5) is 5.82 Å². The first kappa shape index (κ1) is 19.1. The maximum atomic E-state index is 12.5. The molecule has 1 N–H and O–H groups in total. The van der Waals surface area contributed by atoms with Gasteiger partial charge in [-0.1, -0.05) is 26.2 Å². The molecule has 1 aliphatic carbocycles. The first-order valence-corrected chi connectivity index (χ1v) is 11.5. The second-order valence-corrected chi connectivity index (χ2v) is 9.76. The number of carbonyl (C=O) groups excluding carboxylic acids is 1. The molecule has 2 heterocycles. The van der Waals surface area contributed by atoms with Crippen LogP contribution in [0.3, 0.4) is 0 Å². The van der Waals surface area contributed by atoms with Gasteiger partial charge in [0.15, 0.2) is 9.84 Å². The number of amides is 1. The van der Waals surface area contributed by atoms with Gasteiger partial charge < -0.3 is 10.2 Å². The minimum Gasteiger partial charge on any atom is -0.367 e. The van der Waals surface area contributed by atoms with Crippen LogP contribution in [0.15, 0.2) is 18.3 Å². The van der Waals surface area contributed by atoms with Crippen LogP contribution in [0.2, 0.25) is 0 Å². The number of hydrogen-bond acceptors (Lipinski definition) is 5. The van der Waals surface area contributed by atoms with E-state index in [1.54, 1.807) is 17.2 Å². The molecule has 1 aromatic heterocycles. The summed E-state index contributed by atoms with van der Waals surface area (Å²) in [7, 11) is -2.98. The minimum atomic E-state index is -2.98. The van der Waals surface area contributed by atoms with Crippen molar-refractivity contribution in [3.05, 3.63) is 23.9 Å². The van der Waals surface area contributed by atoms with Gasteiger partial charge in [-0.25, -0.2) is 13.4 Å². The SMILES string of the molecule is CCCCC1CCCC1Nc1ccc(C(=O)N2CCS(=O)(=O)CC2)cn1. The molecule has 2 aliphatic rings. The van der Waals surface area contributed by atoms with Crippen molar-refractivity contribution in [1.29, 1.82) is 0 Å². The fraction of sp³-hybridized carbons (Fsp3) is 0.684. The van der Waals surface area contributed by atoms with Gasteiger partial charge >= 0.3 is 0 Å². The zero-order chi connectivity index (χ0) is 18.6. The van der Waals surface area contributed by atoms with Gasteiger partial charge in [-0.15, -0.1) is 0 Å². The summed E-state index contributed by atoms with van der Waals surface area (Å²) in [5.41, 5.74) is 0.517. The molecule has 3 rings (SSSR count). The van der Waals surface area contributed by atoms with Gasteiger partial charge in [0.25, 0.3) is 5.91 Å². The van der Waals surface area contributed by atoms with E-state index >= 15 is 0 Å². The van der Waals surface area contributed by atoms with Crippen molar-refractivity contribution in [2.24, 2.45) is 5.92 Å². The van der Waals surface area contributed by atoms with Crippen LogP contribution >= 0.6 is 0 Å². The quantitative estimate of drug-likeness (QED) is 0.822. The summed E-state index contributed by atoms with van der Waals surface area (Å²) in [6, 6.07) is 4.13. The summed E-state index contributed by atoms with van der Waals surface area (Å²) in [6.07, 6.45) is 9.10. The number of carbonyl (C=O) groups is 1. The number of pyridine rings is 1. The third-order valence-electron chi connectivity index (χ3n) is 5.56. The molecular formula is C19H29N3O3S. The number of aromatic nitrogens is 1. The summed E-state index contributed by atoms with van der Waals surface area (Å²) in [4.78, 5) is 18.5. The lowest BCUT2D eigenvalue weighted by atomic mass is 9.97. The summed E-state index contributed by atoms with van der Waals surface area (Å²) in [5.74, 6) is 1.49. The van der Waals surface area contributed by atoms with Crippen LogP contribution in [0.5, 0.6) is 0 Å². The number of unbranched alkanes of at least 4 members (excludes halogenated alkanes) is 1. The van der Waals surface area contributed by atoms with Crippen LogP contribution in [0.1, 0.15) is 55.8 Å². The Morgan fingerprint density at radius 2 is 2.04 bits per heavy atom. The van der Waals surface area contributed by atoms with Crippen molar-refractivity contribution >= 4 is 21.6 Å². The number of rotatable bonds is 6. The van der Waals surface area contributed by atoms with Gasteiger partial charge in [0.05, 0.1) is 17.1 Å². The molecule has 1 saturated heterocycles. The Morgan fingerprint density at radius 3 is 2.69 bits per heavy atom. The van der Waals surface area contributed by atoms with Gasteiger partial charge in [-0.05, 0) is 37.3 Å². The Morgan fingerprint density at radius 1 is 1.27 bits per heavy atom. The highest BCUT2D eigenvalue weighted by molar-refractivity contribution is 7.91. The van der Waals surface area contributed by atoms with Crippen molar-refractivity contribution in [1.82, 2.24) is 9.88 Å². The highest BCUT2D eigenvalue weighted by atomic mass is 32.2. The van der Waals surface area contributed by atoms with E-state index in [4.69, 9.17) is 0 Å². The molecule has 1 amide bonds. The lowest BCUT2D eigenvalue weighted by Gasteiger charge is -2.26. The fourth-order valence-corrected chi connectivity index (χ4v) is 5.13. The predicted molar refractivity (Wildman–Crippen MR) is 103 cm³/mol. The molecule has 0 bridgehead atoms. The average molecular weight is 380 g/mol. The lowest BCUT2D eigenvalue weighted by molar-refractivity contribution is 0.0770. The van der Waals surface area contributed by atoms with E-state index in [1.807, 2.05) is 6.07 Å². The average Bonchev–Trinajstić information content (AvgIpc) is 3.07. The third kappa shape index (κ3) is 4.75. The van der Waals surface area contributed by atoms with Gasteiger partial charge in [0.2, 0.25) is 0 Å². The lowest BCUT2D eigenvalue weighted by Crippen LogP contribution is -2.43. The zero-order valence-electron chi connectivity index (χ0n) is 15.5. The van der Waals surface area contributed by atoms with Gasteiger partial charge in [0, 0.05) is 25.3 Å². The molecule has 1 saturated carbocycles. The summed E-state index contributed by atoms with van der Waals surface area (Å²) in [5, 5.41) is 3.54. The zero-order valence-corrected chi connectivity index (χ0v) is 16.3. The normalized spacial score (nSPS) is 25.2. The molecule has 144 valence electrons. The second-order valence-electron chi connectivity index (χ2n) is 7.46. The van der Waals surface area contributed by atoms with Crippen molar-refractivity contribution in [3.8, 4) is 0 Å². The highest BCUT2D eigenvalue weighted by Crippen LogP contribution is 2.31. The number of hydrogen-bond donors (Lipinski definition) is 1. The standard InChI is InChI=1S/C19H29N3O3S/c1-2-3-5-15-6-4-7-17(15)21-18-9-8-16(14-20-18)19(23)22-10-12-26(24,25)13-11-22/h8-9,14-15,17H,2-7,10-13H2,1H3,(H,20,21). The Kier molecular flexibility index (Phi) is 6.16. The van der Waals surface area contributed by atoms with Crippen LogP contribution < -0.4 is 5.32 Å². The summed E-state index contributed by atoms with van der Waals surface area (Å²) >= 11 is 0. The Labute approximate surface area is 156 Å². The maximum Gasteiger partial charge on any atom is 0.255 e. The molecule has 2 unspecified atom stereocenters. The number of anilines is 1. The van der Waals surface area contributed by atoms with E-state index < -0.39 is 9.84 Å². The molecule has 1 aromatic rings. The molecule has 0 aromatic carbocycles. The third-order valence-corrected chi connectivity index (χ3v) is 7.17. The van der Waals surface area contributed by atoms with Crippen molar-refractivity contribution in [3.63, 3.8) is 0 Å². The molecular weight excluding hydrogens is 350 g/mol. The van der Waals surface area contributed by atoms with E-state index in [-0.39, 0.29) is 30.5 Å². The molecule has 6 nitrogen and oxygen atoms in total. The van der Waals surface area contributed by atoms with Gasteiger partial charge in [-0.2, -0.15) is 0 Å². The molecule has 1 aliphatic heterocycles. The summed E-state index contributed by atoms with van der Waals surface area (Å²) < 4.78 is 23.0. The molecule has 26 heavy (non-hydrogen) atoms. The molecule has 0 radical (unpaired) electrons. The second kappa shape index (κ2) is 8.37. The van der Waals surface area contributed by atoms with Crippen LogP contribution in [-0.2, 0) is 9.84 Å². The van der Waals surface area contributed by atoms with Crippen molar-refractivity contribution < 1.29 is 13.2 Å². The van der Waals surface area contributed by atoms with Gasteiger partial charge in [-0.3, -0.25) is 4.79 Å². The molecule has 2 atom stereocenters. The first-order chi connectivity index (χ1) is 12.5. The fourth-order valence-electron chi connectivity index (χ4n) is 3.93. The number of nitrogens with one attached hydrogen (secondary N) is 1. The van der Waals surface area contributed by atoms with E-state index in [9.17, 15) is 13.2 Å². The van der Waals surface area contributed by atoms with E-state index in [1.165, 1.54) is 38.5 Å². The Bertz CT molecular complexity index is 704. The van der Waals surface area contributed by atoms with Crippen molar-refractivity contribution in [2.45, 2.75) is 51.5 Å². The number of sulfone groups is 1. The molecule has 7 heteroatoms. The van der Waals surface area contributed by atoms with Crippen LogP contribution in [-0.4, -0.2) is 54.8 Å². The highest BCUT2D eigenvalue weighted by Gasteiger charge is 2.28. The minimum absolute atomic E-state index is 0.0483. The number of nitrogens with zero attached hydrogens (tertiary/aromatic N) is 2. The maximum absolute atomic E-state index is 12.5. The summed E-state index contributed by atoms with van der Waals surface area (Å²) in [6.45, 7) is 2.76. The van der Waals surface area contributed by atoms with Gasteiger partial charge in [0.1, 0.15) is 5.82 Å². The van der Waals surface area contributed by atoms with Crippen LogP contribution in [0.25, 0.3) is 0 Å². The van der Waals surface area contributed by atoms with E-state index in [0.29, 0.717) is 17.5 Å². The predicted octanol–water partition coefficient (Wildman–Crippen LogP) is 2.72. The smallest absolute Gasteiger partial charge is 0.255 e. The van der Waals surface area contributed by atoms with E-state index in [2.05, 4.69) is 17.2 Å². The van der Waals surface area contributed by atoms with Crippen LogP contribution in [0, 0.1) is 5.92 Å². The topological polar surface area (TPSA) is 79.4 Å². The first-order valence-electron chi connectivity index (χ1n) is 9.71. The largest absolute Gasteiger partial charge is 0.367 e. The monoisotopic (exact) mass is 379 g/mol. The molecule has 2 fully saturated rings.